The Morgan fingerprint density at radius 3 is 1.68 bits per heavy atom. The van der Waals surface area contributed by atoms with Crippen LogP contribution in [0, 0.1) is 0 Å². The summed E-state index contributed by atoms with van der Waals surface area (Å²) in [6.45, 7) is 1.56. The average Bonchev–Trinajstić information content (AvgIpc) is 2.50. The number of hydrogen-bond donors (Lipinski definition) is 1. The summed E-state index contributed by atoms with van der Waals surface area (Å²) in [5.41, 5.74) is 0. The fourth-order valence-corrected chi connectivity index (χ4v) is 2.21. The maximum absolute atomic E-state index is 11.3. The number of carbonyl (C=O) groups excluding carboxylic acids is 2. The van der Waals surface area contributed by atoms with Gasteiger partial charge in [0.2, 0.25) is 0 Å². The second-order valence-electron chi connectivity index (χ2n) is 5.67. The Morgan fingerprint density at radius 1 is 0.773 bits per heavy atom. The van der Waals surface area contributed by atoms with Gasteiger partial charge in [0.1, 0.15) is 0 Å². The molecule has 0 saturated heterocycles. The highest BCUT2D eigenvalue weighted by Gasteiger charge is 2.13. The molecule has 0 aromatic rings. The molecule has 0 aromatic carbocycles. The van der Waals surface area contributed by atoms with Crippen molar-refractivity contribution in [1.82, 2.24) is 0 Å². The van der Waals surface area contributed by atoms with E-state index in [9.17, 15) is 14.4 Å². The highest BCUT2D eigenvalue weighted by Crippen LogP contribution is 2.12. The van der Waals surface area contributed by atoms with Crippen molar-refractivity contribution >= 4 is 17.7 Å². The minimum absolute atomic E-state index is 0.254. The number of unbranched alkanes of at least 4 members (excludes halogenated alkanes) is 10. The summed E-state index contributed by atoms with van der Waals surface area (Å²) in [6.07, 6.45) is 13.4. The molecule has 0 fully saturated rings. The SMILES string of the molecule is CCCCCCCCCCCCCC(=O)OCC(=O)C(=O)O. The lowest BCUT2D eigenvalue weighted by Crippen LogP contribution is -2.21. The van der Waals surface area contributed by atoms with Gasteiger partial charge in [0.25, 0.3) is 5.78 Å². The van der Waals surface area contributed by atoms with Gasteiger partial charge in [-0.1, -0.05) is 71.1 Å². The van der Waals surface area contributed by atoms with Gasteiger partial charge >= 0.3 is 11.9 Å². The van der Waals surface area contributed by atoms with Gasteiger partial charge in [-0.3, -0.25) is 9.59 Å². The van der Waals surface area contributed by atoms with E-state index in [1.807, 2.05) is 0 Å². The molecule has 0 unspecified atom stereocenters. The van der Waals surface area contributed by atoms with Crippen LogP contribution < -0.4 is 0 Å². The molecule has 0 radical (unpaired) electrons. The predicted octanol–water partition coefficient (Wildman–Crippen LogP) is 3.88. The third kappa shape index (κ3) is 13.6. The van der Waals surface area contributed by atoms with Crippen LogP contribution in [-0.2, 0) is 19.1 Å². The highest BCUT2D eigenvalue weighted by atomic mass is 16.5. The third-order valence-corrected chi connectivity index (χ3v) is 3.59. The molecular formula is C17H30O5. The molecule has 5 nitrogen and oxygen atoms in total. The second-order valence-corrected chi connectivity index (χ2v) is 5.67. The Hall–Kier alpha value is -1.39. The van der Waals surface area contributed by atoms with Crippen molar-refractivity contribution in [2.75, 3.05) is 6.61 Å². The van der Waals surface area contributed by atoms with Crippen LogP contribution in [0.5, 0.6) is 0 Å². The molecule has 0 bridgehead atoms. The van der Waals surface area contributed by atoms with Crippen LogP contribution in [0.1, 0.15) is 84.0 Å². The van der Waals surface area contributed by atoms with E-state index in [2.05, 4.69) is 11.7 Å². The first-order chi connectivity index (χ1) is 10.6. The number of Topliss-reactive ketones (excluding diaryl/α,β-unsaturated/α-hetero) is 1. The number of hydrogen-bond acceptors (Lipinski definition) is 4. The second kappa shape index (κ2) is 14.5. The van der Waals surface area contributed by atoms with E-state index in [1.165, 1.54) is 51.4 Å². The van der Waals surface area contributed by atoms with Crippen molar-refractivity contribution in [3.8, 4) is 0 Å². The summed E-state index contributed by atoms with van der Waals surface area (Å²) in [5, 5.41) is 8.33. The summed E-state index contributed by atoms with van der Waals surface area (Å²) in [5.74, 6) is -3.15. The summed E-state index contributed by atoms with van der Waals surface area (Å²) >= 11 is 0. The minimum atomic E-state index is -1.57. The van der Waals surface area contributed by atoms with E-state index in [1.54, 1.807) is 0 Å². The van der Waals surface area contributed by atoms with Crippen LogP contribution in [0.15, 0.2) is 0 Å². The lowest BCUT2D eigenvalue weighted by molar-refractivity contribution is -0.155. The zero-order valence-electron chi connectivity index (χ0n) is 13.8. The van der Waals surface area contributed by atoms with Gasteiger partial charge in [-0.25, -0.2) is 4.79 Å². The van der Waals surface area contributed by atoms with Crippen molar-refractivity contribution in [1.29, 1.82) is 0 Å². The molecule has 0 aliphatic carbocycles. The average molecular weight is 314 g/mol. The van der Waals surface area contributed by atoms with E-state index in [0.29, 0.717) is 0 Å². The van der Waals surface area contributed by atoms with Crippen molar-refractivity contribution in [3.63, 3.8) is 0 Å². The van der Waals surface area contributed by atoms with Crippen LogP contribution in [0.2, 0.25) is 0 Å². The van der Waals surface area contributed by atoms with Crippen molar-refractivity contribution in [3.05, 3.63) is 0 Å². The van der Waals surface area contributed by atoms with Crippen LogP contribution in [0.3, 0.4) is 0 Å². The van der Waals surface area contributed by atoms with Crippen LogP contribution in [0.25, 0.3) is 0 Å². The topological polar surface area (TPSA) is 80.7 Å². The number of ketones is 1. The van der Waals surface area contributed by atoms with Crippen molar-refractivity contribution < 1.29 is 24.2 Å². The maximum Gasteiger partial charge on any atom is 0.375 e. The van der Waals surface area contributed by atoms with E-state index < -0.39 is 24.3 Å². The quantitative estimate of drug-likeness (QED) is 0.282. The molecule has 5 heteroatoms. The van der Waals surface area contributed by atoms with Crippen LogP contribution in [-0.4, -0.2) is 29.4 Å². The lowest BCUT2D eigenvalue weighted by Gasteiger charge is -2.03. The zero-order valence-corrected chi connectivity index (χ0v) is 13.8. The summed E-state index contributed by atoms with van der Waals surface area (Å²) in [7, 11) is 0. The van der Waals surface area contributed by atoms with E-state index in [0.717, 1.165) is 19.3 Å². The molecule has 0 amide bonds. The fourth-order valence-electron chi connectivity index (χ4n) is 2.21. The molecule has 0 rings (SSSR count). The Balaban J connectivity index is 3.27. The standard InChI is InChI=1S/C17H30O5/c1-2-3-4-5-6-7-8-9-10-11-12-13-16(19)22-14-15(18)17(20)21/h2-14H2,1H3,(H,20,21). The van der Waals surface area contributed by atoms with Crippen LogP contribution >= 0.6 is 0 Å². The normalized spacial score (nSPS) is 10.4. The van der Waals surface area contributed by atoms with E-state index in [4.69, 9.17) is 5.11 Å². The largest absolute Gasteiger partial charge is 0.475 e. The number of carboxylic acid groups (broad SMARTS) is 1. The van der Waals surface area contributed by atoms with E-state index >= 15 is 0 Å². The maximum atomic E-state index is 11.3. The van der Waals surface area contributed by atoms with Gasteiger partial charge in [-0.15, -0.1) is 0 Å². The first-order valence-electron chi connectivity index (χ1n) is 8.49. The molecule has 1 N–H and O–H groups in total. The number of rotatable bonds is 15. The van der Waals surface area contributed by atoms with Gasteiger partial charge in [-0.05, 0) is 6.42 Å². The van der Waals surface area contributed by atoms with Crippen molar-refractivity contribution in [2.24, 2.45) is 0 Å². The number of aliphatic carboxylic acids is 1. The number of carboxylic acids is 1. The molecule has 0 saturated carbocycles. The summed E-state index contributed by atoms with van der Waals surface area (Å²) < 4.78 is 4.59. The molecule has 0 atom stereocenters. The molecule has 0 heterocycles. The summed E-state index contributed by atoms with van der Waals surface area (Å²) in [4.78, 5) is 32.2. The van der Waals surface area contributed by atoms with Gasteiger partial charge in [0.15, 0.2) is 6.61 Å². The summed E-state index contributed by atoms with van der Waals surface area (Å²) in [6, 6.07) is 0. The van der Waals surface area contributed by atoms with Gasteiger partial charge < -0.3 is 9.84 Å². The molecule has 0 aliphatic rings. The predicted molar refractivity (Wildman–Crippen MR) is 84.7 cm³/mol. The third-order valence-electron chi connectivity index (χ3n) is 3.59. The minimum Gasteiger partial charge on any atom is -0.475 e. The fraction of sp³-hybridized carbons (Fsp3) is 0.824. The first kappa shape index (κ1) is 20.6. The molecule has 0 aliphatic heterocycles. The van der Waals surface area contributed by atoms with Gasteiger partial charge in [-0.2, -0.15) is 0 Å². The van der Waals surface area contributed by atoms with E-state index in [-0.39, 0.29) is 6.42 Å². The highest BCUT2D eigenvalue weighted by molar-refractivity contribution is 6.33. The smallest absolute Gasteiger partial charge is 0.375 e. The monoisotopic (exact) mass is 314 g/mol. The van der Waals surface area contributed by atoms with Crippen molar-refractivity contribution in [2.45, 2.75) is 84.0 Å². The molecule has 22 heavy (non-hydrogen) atoms. The van der Waals surface area contributed by atoms with Gasteiger partial charge in [0, 0.05) is 6.42 Å². The van der Waals surface area contributed by atoms with Crippen LogP contribution in [0.4, 0.5) is 0 Å². The molecule has 128 valence electrons. The Kier molecular flexibility index (Phi) is 13.6. The molecule has 0 spiro atoms. The molecular weight excluding hydrogens is 284 g/mol. The lowest BCUT2D eigenvalue weighted by atomic mass is 10.1. The Bertz CT molecular complexity index is 325. The number of ether oxygens (including phenoxy) is 1. The Labute approximate surface area is 133 Å². The Morgan fingerprint density at radius 2 is 1.23 bits per heavy atom. The number of carbonyl (C=O) groups is 3. The zero-order chi connectivity index (χ0) is 16.6. The van der Waals surface area contributed by atoms with Gasteiger partial charge in [0.05, 0.1) is 0 Å². The first-order valence-corrected chi connectivity index (χ1v) is 8.49. The number of esters is 1. The molecule has 0 aromatic heterocycles.